The van der Waals surface area contributed by atoms with Crippen molar-refractivity contribution in [3.05, 3.63) is 92.4 Å². The second kappa shape index (κ2) is 9.06. The predicted octanol–water partition coefficient (Wildman–Crippen LogP) is 4.43. The average Bonchev–Trinajstić information content (AvgIpc) is 3.63. The van der Waals surface area contributed by atoms with Crippen LogP contribution in [0.4, 0.5) is 0 Å². The van der Waals surface area contributed by atoms with Gasteiger partial charge in [-0.25, -0.2) is 0 Å². The molecule has 3 aromatic rings. The molecule has 0 saturated heterocycles. The minimum absolute atomic E-state index is 0.162. The van der Waals surface area contributed by atoms with E-state index in [9.17, 15) is 9.90 Å². The monoisotopic (exact) mass is 444 g/mol. The van der Waals surface area contributed by atoms with Crippen LogP contribution in [0.15, 0.2) is 53.3 Å². The molecule has 5 heteroatoms. The number of phenols is 1. The van der Waals surface area contributed by atoms with Gasteiger partial charge in [0.25, 0.3) is 5.56 Å². The number of rotatable bonds is 7. The first-order valence-electron chi connectivity index (χ1n) is 11.9. The van der Waals surface area contributed by atoms with Crippen molar-refractivity contribution in [1.82, 2.24) is 9.47 Å². The van der Waals surface area contributed by atoms with E-state index in [-0.39, 0.29) is 11.3 Å². The van der Waals surface area contributed by atoms with E-state index in [1.807, 2.05) is 18.2 Å². The molecule has 2 aromatic carbocycles. The normalized spacial score (nSPS) is 15.9. The Morgan fingerprint density at radius 3 is 2.67 bits per heavy atom. The van der Waals surface area contributed by atoms with E-state index in [1.54, 1.807) is 13.2 Å². The van der Waals surface area contributed by atoms with Crippen LogP contribution < -0.4 is 10.3 Å². The average molecular weight is 445 g/mol. The van der Waals surface area contributed by atoms with Crippen molar-refractivity contribution in [2.75, 3.05) is 13.7 Å². The van der Waals surface area contributed by atoms with E-state index in [4.69, 9.17) is 4.74 Å². The molecule has 0 atom stereocenters. The summed E-state index contributed by atoms with van der Waals surface area (Å²) < 4.78 is 7.38. The zero-order chi connectivity index (χ0) is 22.9. The minimum atomic E-state index is 0.162. The third kappa shape index (κ3) is 4.69. The van der Waals surface area contributed by atoms with Crippen LogP contribution in [0.3, 0.4) is 0 Å². The number of phenolic OH excluding ortho intramolecular Hbond substituents is 1. The van der Waals surface area contributed by atoms with Crippen molar-refractivity contribution in [2.45, 2.75) is 52.2 Å². The first kappa shape index (κ1) is 21.8. The van der Waals surface area contributed by atoms with Gasteiger partial charge in [-0.1, -0.05) is 30.3 Å². The molecule has 5 rings (SSSR count). The number of pyridine rings is 1. The second-order valence-electron chi connectivity index (χ2n) is 9.57. The molecular formula is C28H32N2O3. The van der Waals surface area contributed by atoms with Crippen LogP contribution in [0.1, 0.15) is 46.4 Å². The van der Waals surface area contributed by atoms with E-state index >= 15 is 0 Å². The van der Waals surface area contributed by atoms with E-state index in [1.165, 1.54) is 35.2 Å². The number of ether oxygens (including phenoxy) is 1. The number of aromatic hydroxyl groups is 1. The molecule has 0 amide bonds. The first-order chi connectivity index (χ1) is 16.0. The molecule has 0 spiro atoms. The zero-order valence-electron chi connectivity index (χ0n) is 19.5. The predicted molar refractivity (Wildman–Crippen MR) is 130 cm³/mol. The van der Waals surface area contributed by atoms with E-state index in [0.717, 1.165) is 43.7 Å². The molecule has 172 valence electrons. The number of methoxy groups -OCH3 is 1. The molecule has 1 saturated carbocycles. The molecule has 1 aliphatic heterocycles. The van der Waals surface area contributed by atoms with Crippen molar-refractivity contribution < 1.29 is 9.84 Å². The fourth-order valence-corrected chi connectivity index (χ4v) is 4.95. The maximum Gasteiger partial charge on any atom is 0.254 e. The SMILES string of the molecule is COc1cc(CN2CCc3c(cc(Cc4ccccc4C)c(=O)n3CC3CC3)C2)ccc1O. The fraction of sp³-hybridized carbons (Fsp3) is 0.393. The summed E-state index contributed by atoms with van der Waals surface area (Å²) in [5, 5.41) is 9.90. The van der Waals surface area contributed by atoms with Gasteiger partial charge in [0, 0.05) is 50.3 Å². The number of nitrogens with zero attached hydrogens (tertiary/aromatic N) is 2. The fourth-order valence-electron chi connectivity index (χ4n) is 4.95. The Bertz CT molecular complexity index is 1230. The lowest BCUT2D eigenvalue weighted by Gasteiger charge is -2.31. The number of aromatic nitrogens is 1. The molecule has 2 heterocycles. The Hall–Kier alpha value is -3.05. The van der Waals surface area contributed by atoms with Gasteiger partial charge < -0.3 is 14.4 Å². The van der Waals surface area contributed by atoms with Crippen LogP contribution in [0.2, 0.25) is 0 Å². The standard InChI is InChI=1S/C28H32N2O3/c1-19-5-3-4-6-22(19)14-23-15-24-18-29(16-21-9-10-26(31)27(13-21)33-2)12-11-25(24)30(28(23)32)17-20-7-8-20/h3-6,9-10,13,15,20,31H,7-8,11-12,14,16-18H2,1-2H3. The third-order valence-corrected chi connectivity index (χ3v) is 7.05. The zero-order valence-corrected chi connectivity index (χ0v) is 19.5. The molecule has 0 radical (unpaired) electrons. The van der Waals surface area contributed by atoms with Gasteiger partial charge in [-0.3, -0.25) is 9.69 Å². The van der Waals surface area contributed by atoms with Crippen LogP contribution in [0, 0.1) is 12.8 Å². The van der Waals surface area contributed by atoms with E-state index in [2.05, 4.69) is 40.7 Å². The molecule has 1 aromatic heterocycles. The number of hydrogen-bond acceptors (Lipinski definition) is 4. The highest BCUT2D eigenvalue weighted by Crippen LogP contribution is 2.32. The van der Waals surface area contributed by atoms with Gasteiger partial charge in [0.1, 0.15) is 0 Å². The van der Waals surface area contributed by atoms with Crippen molar-refractivity contribution in [3.63, 3.8) is 0 Å². The van der Waals surface area contributed by atoms with E-state index < -0.39 is 0 Å². The summed E-state index contributed by atoms with van der Waals surface area (Å²) >= 11 is 0. The van der Waals surface area contributed by atoms with Gasteiger partial charge >= 0.3 is 0 Å². The smallest absolute Gasteiger partial charge is 0.254 e. The lowest BCUT2D eigenvalue weighted by Crippen LogP contribution is -2.37. The van der Waals surface area contributed by atoms with Crippen LogP contribution in [0.25, 0.3) is 0 Å². The quantitative estimate of drug-likeness (QED) is 0.586. The highest BCUT2D eigenvalue weighted by Gasteiger charge is 2.27. The summed E-state index contributed by atoms with van der Waals surface area (Å²) in [5.74, 6) is 1.32. The molecule has 2 aliphatic rings. The lowest BCUT2D eigenvalue weighted by atomic mass is 9.97. The third-order valence-electron chi connectivity index (χ3n) is 7.05. The summed E-state index contributed by atoms with van der Waals surface area (Å²) in [4.78, 5) is 15.9. The van der Waals surface area contributed by atoms with Crippen molar-refractivity contribution in [3.8, 4) is 11.5 Å². The van der Waals surface area contributed by atoms with Gasteiger partial charge in [-0.15, -0.1) is 0 Å². The number of hydrogen-bond donors (Lipinski definition) is 1. The summed E-state index contributed by atoms with van der Waals surface area (Å²) in [6.07, 6.45) is 4.03. The number of benzene rings is 2. The lowest BCUT2D eigenvalue weighted by molar-refractivity contribution is 0.238. The van der Waals surface area contributed by atoms with Crippen molar-refractivity contribution >= 4 is 0 Å². The summed E-state index contributed by atoms with van der Waals surface area (Å²) in [7, 11) is 1.57. The van der Waals surface area contributed by atoms with E-state index in [0.29, 0.717) is 18.1 Å². The highest BCUT2D eigenvalue weighted by atomic mass is 16.5. The van der Waals surface area contributed by atoms with Crippen LogP contribution in [0.5, 0.6) is 11.5 Å². The molecule has 33 heavy (non-hydrogen) atoms. The maximum absolute atomic E-state index is 13.5. The Labute approximate surface area is 195 Å². The Morgan fingerprint density at radius 1 is 1.09 bits per heavy atom. The second-order valence-corrected chi connectivity index (χ2v) is 9.57. The van der Waals surface area contributed by atoms with Crippen LogP contribution in [-0.4, -0.2) is 28.2 Å². The highest BCUT2D eigenvalue weighted by molar-refractivity contribution is 5.42. The molecule has 0 bridgehead atoms. The topological polar surface area (TPSA) is 54.7 Å². The first-order valence-corrected chi connectivity index (χ1v) is 11.9. The Balaban J connectivity index is 1.45. The molecule has 1 fully saturated rings. The molecule has 0 unspecified atom stereocenters. The van der Waals surface area contributed by atoms with Gasteiger partial charge in [0.2, 0.25) is 0 Å². The Morgan fingerprint density at radius 2 is 1.91 bits per heavy atom. The molecule has 1 N–H and O–H groups in total. The van der Waals surface area contributed by atoms with Gasteiger partial charge in [0.15, 0.2) is 11.5 Å². The van der Waals surface area contributed by atoms with Crippen molar-refractivity contribution in [1.29, 1.82) is 0 Å². The van der Waals surface area contributed by atoms with Gasteiger partial charge in [-0.2, -0.15) is 0 Å². The van der Waals surface area contributed by atoms with Gasteiger partial charge in [0.05, 0.1) is 7.11 Å². The molecular weight excluding hydrogens is 412 g/mol. The number of fused-ring (bicyclic) bond motifs is 1. The van der Waals surface area contributed by atoms with Crippen molar-refractivity contribution in [2.24, 2.45) is 5.92 Å². The van der Waals surface area contributed by atoms with Gasteiger partial charge in [-0.05, 0) is 66.1 Å². The van der Waals surface area contributed by atoms with Crippen LogP contribution in [-0.2, 0) is 32.5 Å². The summed E-state index contributed by atoms with van der Waals surface area (Å²) in [5.41, 5.74) is 7.15. The maximum atomic E-state index is 13.5. The molecule has 1 aliphatic carbocycles. The summed E-state index contributed by atoms with van der Waals surface area (Å²) in [6.45, 7) is 5.49. The summed E-state index contributed by atoms with van der Waals surface area (Å²) in [6, 6.07) is 16.1. The largest absolute Gasteiger partial charge is 0.504 e. The number of aryl methyl sites for hydroxylation is 1. The molecule has 5 nitrogen and oxygen atoms in total. The Kier molecular flexibility index (Phi) is 5.98. The van der Waals surface area contributed by atoms with Crippen LogP contribution >= 0.6 is 0 Å². The minimum Gasteiger partial charge on any atom is -0.504 e.